The van der Waals surface area contributed by atoms with Gasteiger partial charge in [-0.25, -0.2) is 9.97 Å². The van der Waals surface area contributed by atoms with Crippen molar-refractivity contribution >= 4 is 0 Å². The first-order valence-electron chi connectivity index (χ1n) is 14.7. The summed E-state index contributed by atoms with van der Waals surface area (Å²) in [5.74, 6) is 2.19. The molecule has 0 aliphatic rings. The Kier molecular flexibility index (Phi) is 16.5. The summed E-state index contributed by atoms with van der Waals surface area (Å²) >= 11 is 0. The Labute approximate surface area is 216 Å². The number of aryl methyl sites for hydroxylation is 2. The second-order valence-electron chi connectivity index (χ2n) is 10.0. The molecule has 2 aromatic rings. The van der Waals surface area contributed by atoms with Gasteiger partial charge in [0.2, 0.25) is 0 Å². The Hall–Kier alpha value is -1.62. The maximum atomic E-state index is 5.82. The minimum absolute atomic E-state index is 0.0461. The largest absolute Gasteiger partial charge is 0.380 e. The Bertz CT molecular complexity index is 680. The van der Waals surface area contributed by atoms with Crippen LogP contribution in [0.15, 0.2) is 24.8 Å². The minimum atomic E-state index is 0.0461. The molecular weight excluding hydrogens is 432 g/mol. The van der Waals surface area contributed by atoms with Crippen LogP contribution in [0.3, 0.4) is 0 Å². The summed E-state index contributed by atoms with van der Waals surface area (Å²) in [5.41, 5.74) is 0. The van der Waals surface area contributed by atoms with Crippen molar-refractivity contribution in [3.05, 3.63) is 43.4 Å². The highest BCUT2D eigenvalue weighted by Crippen LogP contribution is 2.24. The van der Waals surface area contributed by atoms with Crippen LogP contribution in [0.4, 0.5) is 0 Å². The lowest BCUT2D eigenvalue weighted by Gasteiger charge is -2.19. The van der Waals surface area contributed by atoms with Crippen LogP contribution < -0.4 is 0 Å². The van der Waals surface area contributed by atoms with Crippen molar-refractivity contribution in [3.8, 4) is 0 Å². The van der Waals surface area contributed by atoms with Gasteiger partial charge in [0.1, 0.15) is 11.6 Å². The zero-order valence-electron chi connectivity index (χ0n) is 22.9. The highest BCUT2D eigenvalue weighted by molar-refractivity contribution is 5.15. The second-order valence-corrected chi connectivity index (χ2v) is 10.0. The van der Waals surface area contributed by atoms with E-state index in [1.54, 1.807) is 0 Å². The molecule has 0 bridgehead atoms. The summed E-state index contributed by atoms with van der Waals surface area (Å²) in [6, 6.07) is 0. The molecule has 0 fully saturated rings. The van der Waals surface area contributed by atoms with E-state index < -0.39 is 0 Å². The van der Waals surface area contributed by atoms with E-state index in [4.69, 9.17) is 14.7 Å². The maximum absolute atomic E-state index is 5.82. The number of unbranched alkanes of at least 4 members (excludes halogenated alkanes) is 14. The predicted octanol–water partition coefficient (Wildman–Crippen LogP) is 8.34. The van der Waals surface area contributed by atoms with Crippen LogP contribution in [0.25, 0.3) is 0 Å². The van der Waals surface area contributed by atoms with Crippen LogP contribution >= 0.6 is 0 Å². The first-order chi connectivity index (χ1) is 17.3. The predicted molar refractivity (Wildman–Crippen MR) is 148 cm³/mol. The zero-order valence-corrected chi connectivity index (χ0v) is 22.9. The summed E-state index contributed by atoms with van der Waals surface area (Å²) < 4.78 is 10.5. The fourth-order valence-electron chi connectivity index (χ4n) is 4.94. The quantitative estimate of drug-likeness (QED) is 0.149. The number of hydrogen-bond acceptors (Lipinski definition) is 3. The van der Waals surface area contributed by atoms with E-state index >= 15 is 0 Å². The van der Waals surface area contributed by atoms with Gasteiger partial charge in [-0.15, -0.1) is 0 Å². The Morgan fingerprint density at radius 1 is 0.657 bits per heavy atom. The van der Waals surface area contributed by atoms with E-state index in [1.165, 1.54) is 103 Å². The van der Waals surface area contributed by atoms with Crippen LogP contribution in [-0.2, 0) is 17.8 Å². The normalized spacial score (nSPS) is 11.7. The van der Waals surface area contributed by atoms with Gasteiger partial charge in [0.25, 0.3) is 0 Å². The molecule has 0 unspecified atom stereocenters. The van der Waals surface area contributed by atoms with Gasteiger partial charge in [0, 0.05) is 44.5 Å². The standard InChI is InChI=1S/C30H53N4O/c1-4-7-9-11-13-15-17-19-23-33-25-21-31-29(33)28(27-35-6-3)30-32-22-26-34(30)24-20-18-16-14-12-10-8-5-2/h21-22,25-26,28H,3-20,23-24,27H2,1-2H3. The molecule has 0 aliphatic carbocycles. The molecule has 0 aromatic carbocycles. The molecule has 199 valence electrons. The van der Waals surface area contributed by atoms with Gasteiger partial charge in [-0.3, -0.25) is 0 Å². The summed E-state index contributed by atoms with van der Waals surface area (Å²) in [7, 11) is 0. The first-order valence-corrected chi connectivity index (χ1v) is 14.7. The lowest BCUT2D eigenvalue weighted by Crippen LogP contribution is -2.20. The van der Waals surface area contributed by atoms with Crippen molar-refractivity contribution in [1.82, 2.24) is 19.1 Å². The van der Waals surface area contributed by atoms with Gasteiger partial charge in [-0.2, -0.15) is 0 Å². The minimum Gasteiger partial charge on any atom is -0.380 e. The third kappa shape index (κ3) is 11.8. The molecule has 5 heteroatoms. The molecule has 0 saturated carbocycles. The van der Waals surface area contributed by atoms with Gasteiger partial charge < -0.3 is 13.9 Å². The van der Waals surface area contributed by atoms with Gasteiger partial charge in [-0.1, -0.05) is 104 Å². The third-order valence-electron chi connectivity index (χ3n) is 7.05. The summed E-state index contributed by atoms with van der Waals surface area (Å²) in [6.45, 7) is 11.5. The molecule has 0 amide bonds. The summed E-state index contributed by atoms with van der Waals surface area (Å²) in [5, 5.41) is 0. The highest BCUT2D eigenvalue weighted by atomic mass is 16.5. The molecule has 1 radical (unpaired) electrons. The van der Waals surface area contributed by atoms with Crippen molar-refractivity contribution in [2.45, 2.75) is 136 Å². The molecule has 2 rings (SSSR count). The SMILES string of the molecule is [CH2]COCC(c1nccn1CCCCCCCCCC)c1nccn1CCCCCCCCCC. The monoisotopic (exact) mass is 485 g/mol. The van der Waals surface area contributed by atoms with E-state index in [1.807, 2.05) is 12.4 Å². The average molecular weight is 486 g/mol. The van der Waals surface area contributed by atoms with Crippen molar-refractivity contribution in [2.24, 2.45) is 0 Å². The van der Waals surface area contributed by atoms with Gasteiger partial charge in [-0.05, 0) is 19.8 Å². The van der Waals surface area contributed by atoms with Crippen molar-refractivity contribution in [3.63, 3.8) is 0 Å². The summed E-state index contributed by atoms with van der Waals surface area (Å²) in [4.78, 5) is 9.54. The van der Waals surface area contributed by atoms with Crippen LogP contribution in [0.1, 0.15) is 134 Å². The van der Waals surface area contributed by atoms with Gasteiger partial charge in [0.05, 0.1) is 12.5 Å². The van der Waals surface area contributed by atoms with Crippen molar-refractivity contribution in [2.75, 3.05) is 13.2 Å². The molecule has 35 heavy (non-hydrogen) atoms. The molecule has 0 N–H and O–H groups in total. The average Bonchev–Trinajstić information content (AvgIpc) is 3.53. The molecule has 0 atom stereocenters. The van der Waals surface area contributed by atoms with Gasteiger partial charge >= 0.3 is 0 Å². The fourth-order valence-corrected chi connectivity index (χ4v) is 4.94. The molecule has 2 heterocycles. The molecule has 5 nitrogen and oxygen atoms in total. The van der Waals surface area contributed by atoms with Gasteiger partial charge in [0.15, 0.2) is 0 Å². The van der Waals surface area contributed by atoms with Crippen LogP contribution in [-0.4, -0.2) is 32.3 Å². The molecule has 0 saturated heterocycles. The Morgan fingerprint density at radius 3 is 1.46 bits per heavy atom. The molecule has 0 spiro atoms. The number of nitrogens with zero attached hydrogens (tertiary/aromatic N) is 4. The van der Waals surface area contributed by atoms with E-state index in [0.717, 1.165) is 24.7 Å². The molecular formula is C30H53N4O. The zero-order chi connectivity index (χ0) is 25.0. The maximum Gasteiger partial charge on any atom is 0.121 e. The highest BCUT2D eigenvalue weighted by Gasteiger charge is 2.24. The fraction of sp³-hybridized carbons (Fsp3) is 0.767. The molecule has 2 aromatic heterocycles. The van der Waals surface area contributed by atoms with E-state index in [0.29, 0.717) is 13.2 Å². The number of imidazole rings is 2. The van der Waals surface area contributed by atoms with Crippen LogP contribution in [0.5, 0.6) is 0 Å². The number of ether oxygens (including phenoxy) is 1. The number of rotatable bonds is 23. The second kappa shape index (κ2) is 19.6. The summed E-state index contributed by atoms with van der Waals surface area (Å²) in [6.07, 6.45) is 29.5. The smallest absolute Gasteiger partial charge is 0.121 e. The number of aromatic nitrogens is 4. The first kappa shape index (κ1) is 29.6. The van der Waals surface area contributed by atoms with E-state index in [-0.39, 0.29) is 5.92 Å². The number of hydrogen-bond donors (Lipinski definition) is 0. The van der Waals surface area contributed by atoms with Crippen LogP contribution in [0.2, 0.25) is 0 Å². The van der Waals surface area contributed by atoms with Crippen LogP contribution in [0, 0.1) is 6.92 Å². The lowest BCUT2D eigenvalue weighted by atomic mass is 10.1. The van der Waals surface area contributed by atoms with E-state index in [2.05, 4.69) is 42.3 Å². The Balaban J connectivity index is 1.86. The third-order valence-corrected chi connectivity index (χ3v) is 7.05. The van der Waals surface area contributed by atoms with E-state index in [9.17, 15) is 0 Å². The Morgan fingerprint density at radius 2 is 1.06 bits per heavy atom. The van der Waals surface area contributed by atoms with Crippen molar-refractivity contribution in [1.29, 1.82) is 0 Å². The van der Waals surface area contributed by atoms with Crippen molar-refractivity contribution < 1.29 is 4.74 Å². The topological polar surface area (TPSA) is 44.9 Å². The molecule has 0 aliphatic heterocycles. The lowest BCUT2D eigenvalue weighted by molar-refractivity contribution is 0.147.